The highest BCUT2D eigenvalue weighted by Gasteiger charge is 2.06. The molecule has 0 aliphatic carbocycles. The summed E-state index contributed by atoms with van der Waals surface area (Å²) >= 11 is 0. The SMILES string of the molecule is c1cnc2[nH]c3cc4ccoc4cc3c2c1. The van der Waals surface area contributed by atoms with Crippen LogP contribution in [0.15, 0.2) is 47.2 Å². The minimum absolute atomic E-state index is 0.914. The predicted molar refractivity (Wildman–Crippen MR) is 63.4 cm³/mol. The molecule has 4 aromatic rings. The minimum Gasteiger partial charge on any atom is -0.464 e. The van der Waals surface area contributed by atoms with Crippen LogP contribution in [0.2, 0.25) is 0 Å². The lowest BCUT2D eigenvalue weighted by molar-refractivity contribution is 0.616. The van der Waals surface area contributed by atoms with Crippen molar-refractivity contribution < 1.29 is 4.42 Å². The molecule has 3 heteroatoms. The molecule has 3 nitrogen and oxygen atoms in total. The maximum atomic E-state index is 5.41. The van der Waals surface area contributed by atoms with E-state index < -0.39 is 0 Å². The number of benzene rings is 1. The number of nitrogens with zero attached hydrogens (tertiary/aromatic N) is 1. The van der Waals surface area contributed by atoms with Crippen molar-refractivity contribution in [2.24, 2.45) is 0 Å². The smallest absolute Gasteiger partial charge is 0.138 e. The van der Waals surface area contributed by atoms with Crippen LogP contribution in [-0.2, 0) is 0 Å². The molecule has 0 atom stereocenters. The summed E-state index contributed by atoms with van der Waals surface area (Å²) in [6.45, 7) is 0. The van der Waals surface area contributed by atoms with Gasteiger partial charge in [-0.2, -0.15) is 0 Å². The first-order chi connectivity index (χ1) is 7.92. The van der Waals surface area contributed by atoms with Gasteiger partial charge in [-0.15, -0.1) is 0 Å². The highest BCUT2D eigenvalue weighted by Crippen LogP contribution is 2.28. The normalized spacial score (nSPS) is 11.8. The number of fused-ring (bicyclic) bond motifs is 4. The van der Waals surface area contributed by atoms with E-state index in [1.54, 1.807) is 12.5 Å². The Hall–Kier alpha value is -2.29. The average Bonchev–Trinajstić information content (AvgIpc) is 2.88. The van der Waals surface area contributed by atoms with Crippen molar-refractivity contribution in [1.82, 2.24) is 9.97 Å². The summed E-state index contributed by atoms with van der Waals surface area (Å²) in [7, 11) is 0. The highest BCUT2D eigenvalue weighted by atomic mass is 16.3. The number of aromatic nitrogens is 2. The molecule has 3 heterocycles. The van der Waals surface area contributed by atoms with Crippen molar-refractivity contribution in [2.75, 3.05) is 0 Å². The summed E-state index contributed by atoms with van der Waals surface area (Å²) in [5, 5.41) is 3.40. The second-order valence-corrected chi connectivity index (χ2v) is 3.88. The van der Waals surface area contributed by atoms with E-state index >= 15 is 0 Å². The zero-order chi connectivity index (χ0) is 10.5. The molecule has 0 saturated heterocycles. The molecule has 0 amide bonds. The number of hydrogen-bond donors (Lipinski definition) is 1. The van der Waals surface area contributed by atoms with Crippen LogP contribution >= 0.6 is 0 Å². The van der Waals surface area contributed by atoms with Gasteiger partial charge in [-0.25, -0.2) is 4.98 Å². The zero-order valence-electron chi connectivity index (χ0n) is 8.40. The van der Waals surface area contributed by atoms with Crippen LogP contribution in [0.4, 0.5) is 0 Å². The number of aromatic amines is 1. The largest absolute Gasteiger partial charge is 0.464 e. The molecule has 0 aliphatic rings. The van der Waals surface area contributed by atoms with Gasteiger partial charge >= 0.3 is 0 Å². The van der Waals surface area contributed by atoms with Crippen LogP contribution in [0.3, 0.4) is 0 Å². The summed E-state index contributed by atoms with van der Waals surface area (Å²) < 4.78 is 5.41. The third-order valence-electron chi connectivity index (χ3n) is 2.94. The lowest BCUT2D eigenvalue weighted by Crippen LogP contribution is -1.71. The van der Waals surface area contributed by atoms with Crippen LogP contribution < -0.4 is 0 Å². The standard InChI is InChI=1S/C13H8N2O/c1-2-9-10-7-12-8(3-5-16-12)6-11(10)15-13(9)14-4-1/h1-7H,(H,14,15). The van der Waals surface area contributed by atoms with Gasteiger partial charge in [-0.05, 0) is 30.3 Å². The van der Waals surface area contributed by atoms with E-state index in [-0.39, 0.29) is 0 Å². The fourth-order valence-corrected chi connectivity index (χ4v) is 2.19. The maximum absolute atomic E-state index is 5.41. The molecule has 0 spiro atoms. The molecule has 1 aromatic carbocycles. The number of furan rings is 1. The molecule has 4 rings (SSSR count). The summed E-state index contributed by atoms with van der Waals surface area (Å²) in [6.07, 6.45) is 3.51. The second-order valence-electron chi connectivity index (χ2n) is 3.88. The Kier molecular flexibility index (Phi) is 1.31. The van der Waals surface area contributed by atoms with Gasteiger partial charge in [0.15, 0.2) is 0 Å². The van der Waals surface area contributed by atoms with Crippen LogP contribution in [-0.4, -0.2) is 9.97 Å². The van der Waals surface area contributed by atoms with Gasteiger partial charge < -0.3 is 9.40 Å². The van der Waals surface area contributed by atoms with Crippen molar-refractivity contribution in [3.8, 4) is 0 Å². The van der Waals surface area contributed by atoms with Gasteiger partial charge in [0.2, 0.25) is 0 Å². The second kappa shape index (κ2) is 2.64. The lowest BCUT2D eigenvalue weighted by atomic mass is 10.1. The predicted octanol–water partition coefficient (Wildman–Crippen LogP) is 3.46. The van der Waals surface area contributed by atoms with Crippen LogP contribution in [0.25, 0.3) is 32.9 Å². The Labute approximate surface area is 90.7 Å². The Morgan fingerprint density at radius 3 is 3.12 bits per heavy atom. The van der Waals surface area contributed by atoms with E-state index in [0.717, 1.165) is 32.9 Å². The summed E-state index contributed by atoms with van der Waals surface area (Å²) in [6, 6.07) is 10.1. The maximum Gasteiger partial charge on any atom is 0.138 e. The Morgan fingerprint density at radius 2 is 2.12 bits per heavy atom. The molecule has 3 aromatic heterocycles. The molecular formula is C13H8N2O. The molecule has 76 valence electrons. The van der Waals surface area contributed by atoms with Gasteiger partial charge in [0.25, 0.3) is 0 Å². The van der Waals surface area contributed by atoms with E-state index in [0.29, 0.717) is 0 Å². The first-order valence-electron chi connectivity index (χ1n) is 5.15. The van der Waals surface area contributed by atoms with Crippen LogP contribution in [0.5, 0.6) is 0 Å². The molecule has 1 N–H and O–H groups in total. The summed E-state index contributed by atoms with van der Waals surface area (Å²) in [5.41, 5.74) is 2.94. The van der Waals surface area contributed by atoms with Crippen molar-refractivity contribution in [3.05, 3.63) is 42.8 Å². The van der Waals surface area contributed by atoms with Crippen LogP contribution in [0, 0.1) is 0 Å². The highest BCUT2D eigenvalue weighted by molar-refractivity contribution is 6.09. The van der Waals surface area contributed by atoms with Crippen molar-refractivity contribution in [2.45, 2.75) is 0 Å². The first-order valence-corrected chi connectivity index (χ1v) is 5.15. The van der Waals surface area contributed by atoms with Gasteiger partial charge in [0.05, 0.1) is 6.26 Å². The molecule has 0 radical (unpaired) electrons. The fourth-order valence-electron chi connectivity index (χ4n) is 2.19. The van der Waals surface area contributed by atoms with E-state index in [1.165, 1.54) is 0 Å². The Balaban J connectivity index is 2.32. The molecule has 0 saturated carbocycles. The molecular weight excluding hydrogens is 200 g/mol. The minimum atomic E-state index is 0.914. The number of pyridine rings is 1. The zero-order valence-corrected chi connectivity index (χ0v) is 8.40. The van der Waals surface area contributed by atoms with Gasteiger partial charge in [-0.1, -0.05) is 0 Å². The third kappa shape index (κ3) is 0.896. The molecule has 0 aliphatic heterocycles. The van der Waals surface area contributed by atoms with Crippen molar-refractivity contribution in [1.29, 1.82) is 0 Å². The molecule has 0 bridgehead atoms. The fraction of sp³-hybridized carbons (Fsp3) is 0. The number of rotatable bonds is 0. The van der Waals surface area contributed by atoms with Gasteiger partial charge in [0.1, 0.15) is 11.2 Å². The van der Waals surface area contributed by atoms with Crippen LogP contribution in [0.1, 0.15) is 0 Å². The van der Waals surface area contributed by atoms with E-state index in [2.05, 4.69) is 28.2 Å². The van der Waals surface area contributed by atoms with Gasteiger partial charge in [-0.3, -0.25) is 0 Å². The van der Waals surface area contributed by atoms with E-state index in [1.807, 2.05) is 12.1 Å². The lowest BCUT2D eigenvalue weighted by Gasteiger charge is -1.90. The summed E-state index contributed by atoms with van der Waals surface area (Å²) in [4.78, 5) is 7.61. The Bertz CT molecular complexity index is 810. The summed E-state index contributed by atoms with van der Waals surface area (Å²) in [5.74, 6) is 0. The topological polar surface area (TPSA) is 41.8 Å². The van der Waals surface area contributed by atoms with E-state index in [9.17, 15) is 0 Å². The Morgan fingerprint density at radius 1 is 1.12 bits per heavy atom. The quantitative estimate of drug-likeness (QED) is 0.480. The number of H-pyrrole nitrogens is 1. The average molecular weight is 208 g/mol. The number of nitrogens with one attached hydrogen (secondary N) is 1. The van der Waals surface area contributed by atoms with Crippen molar-refractivity contribution >= 4 is 32.9 Å². The molecule has 0 unspecified atom stereocenters. The monoisotopic (exact) mass is 208 g/mol. The number of hydrogen-bond acceptors (Lipinski definition) is 2. The molecule has 16 heavy (non-hydrogen) atoms. The van der Waals surface area contributed by atoms with Gasteiger partial charge in [0, 0.05) is 27.9 Å². The first kappa shape index (κ1) is 7.93. The van der Waals surface area contributed by atoms with Crippen molar-refractivity contribution in [3.63, 3.8) is 0 Å². The molecule has 0 fully saturated rings. The van der Waals surface area contributed by atoms with E-state index in [4.69, 9.17) is 4.42 Å². The third-order valence-corrected chi connectivity index (χ3v) is 2.94.